The van der Waals surface area contributed by atoms with Gasteiger partial charge in [-0.25, -0.2) is 0 Å². The molecule has 1 atom stereocenters. The molecule has 0 bridgehead atoms. The first-order valence-corrected chi connectivity index (χ1v) is 5.08. The van der Waals surface area contributed by atoms with Crippen LogP contribution < -0.4 is 5.73 Å². The number of nitriles is 1. The number of nitrogens with two attached hydrogens (primary N) is 1. The van der Waals surface area contributed by atoms with Gasteiger partial charge in [0.2, 0.25) is 0 Å². The minimum absolute atomic E-state index is 0.0751. The Morgan fingerprint density at radius 2 is 2.36 bits per heavy atom. The Bertz CT molecular complexity index is 402. The van der Waals surface area contributed by atoms with Gasteiger partial charge in [-0.15, -0.1) is 0 Å². The summed E-state index contributed by atoms with van der Waals surface area (Å²) in [5, 5.41) is 8.98. The molecule has 2 heteroatoms. The molecule has 1 aliphatic rings. The average Bonchev–Trinajstić information content (AvgIpc) is 2.60. The van der Waals surface area contributed by atoms with Crippen LogP contribution in [0.5, 0.6) is 0 Å². The fourth-order valence-corrected chi connectivity index (χ4v) is 2.30. The van der Waals surface area contributed by atoms with Gasteiger partial charge < -0.3 is 5.73 Å². The highest BCUT2D eigenvalue weighted by Crippen LogP contribution is 2.34. The summed E-state index contributed by atoms with van der Waals surface area (Å²) in [4.78, 5) is 0. The molecule has 0 spiro atoms. The molecule has 1 aliphatic carbocycles. The smallest absolute Gasteiger partial charge is 0.0995 e. The number of benzene rings is 1. The zero-order valence-corrected chi connectivity index (χ0v) is 8.38. The fraction of sp³-hybridized carbons (Fsp3) is 0.417. The monoisotopic (exact) mass is 186 g/mol. The van der Waals surface area contributed by atoms with E-state index in [9.17, 15) is 0 Å². The van der Waals surface area contributed by atoms with Gasteiger partial charge in [0, 0.05) is 6.04 Å². The summed E-state index contributed by atoms with van der Waals surface area (Å²) in [7, 11) is 0. The lowest BCUT2D eigenvalue weighted by Gasteiger charge is -2.10. The van der Waals surface area contributed by atoms with Crippen LogP contribution in [-0.4, -0.2) is 0 Å². The Hall–Kier alpha value is -1.33. The number of hydrogen-bond acceptors (Lipinski definition) is 2. The SMILES string of the molecule is CCc1ccc(C#N)c2c1CC[C@@H]2N. The molecule has 72 valence electrons. The molecule has 0 fully saturated rings. The fourth-order valence-electron chi connectivity index (χ4n) is 2.30. The number of rotatable bonds is 1. The van der Waals surface area contributed by atoms with Crippen molar-refractivity contribution < 1.29 is 0 Å². The maximum absolute atomic E-state index is 8.98. The number of hydrogen-bond donors (Lipinski definition) is 1. The molecule has 2 N–H and O–H groups in total. The quantitative estimate of drug-likeness (QED) is 0.729. The van der Waals surface area contributed by atoms with Gasteiger partial charge in [-0.05, 0) is 42.0 Å². The van der Waals surface area contributed by atoms with Crippen molar-refractivity contribution in [2.45, 2.75) is 32.2 Å². The topological polar surface area (TPSA) is 49.8 Å². The minimum atomic E-state index is 0.0751. The lowest BCUT2D eigenvalue weighted by molar-refractivity contribution is 0.712. The molecule has 1 aromatic carbocycles. The highest BCUT2D eigenvalue weighted by molar-refractivity contribution is 5.51. The van der Waals surface area contributed by atoms with E-state index >= 15 is 0 Å². The van der Waals surface area contributed by atoms with Gasteiger partial charge in [0.15, 0.2) is 0 Å². The van der Waals surface area contributed by atoms with E-state index in [1.165, 1.54) is 11.1 Å². The van der Waals surface area contributed by atoms with Crippen LogP contribution in [0, 0.1) is 11.3 Å². The van der Waals surface area contributed by atoms with Gasteiger partial charge >= 0.3 is 0 Å². The van der Waals surface area contributed by atoms with Crippen LogP contribution in [0.25, 0.3) is 0 Å². The standard InChI is InChI=1S/C12H14N2/c1-2-8-3-4-9(7-13)12-10(8)5-6-11(12)14/h3-4,11H,2,5-6,14H2,1H3/t11-/m0/s1. The maximum Gasteiger partial charge on any atom is 0.0995 e. The number of nitrogens with zero attached hydrogens (tertiary/aromatic N) is 1. The molecule has 0 unspecified atom stereocenters. The van der Waals surface area contributed by atoms with Crippen molar-refractivity contribution in [3.05, 3.63) is 34.4 Å². The molecule has 1 aromatic rings. The molecule has 0 aliphatic heterocycles. The highest BCUT2D eigenvalue weighted by Gasteiger charge is 2.24. The molecular weight excluding hydrogens is 172 g/mol. The van der Waals surface area contributed by atoms with E-state index in [2.05, 4.69) is 19.1 Å². The van der Waals surface area contributed by atoms with Crippen LogP contribution >= 0.6 is 0 Å². The second kappa shape index (κ2) is 3.43. The molecule has 2 nitrogen and oxygen atoms in total. The number of fused-ring (bicyclic) bond motifs is 1. The van der Waals surface area contributed by atoms with Crippen molar-refractivity contribution in [2.75, 3.05) is 0 Å². The van der Waals surface area contributed by atoms with Crippen LogP contribution in [0.15, 0.2) is 12.1 Å². The second-order valence-corrected chi connectivity index (χ2v) is 3.78. The van der Waals surface area contributed by atoms with Gasteiger partial charge in [-0.2, -0.15) is 5.26 Å². The Morgan fingerprint density at radius 1 is 1.57 bits per heavy atom. The molecule has 14 heavy (non-hydrogen) atoms. The summed E-state index contributed by atoms with van der Waals surface area (Å²) in [5.41, 5.74) is 10.6. The Kier molecular flexibility index (Phi) is 2.26. The summed E-state index contributed by atoms with van der Waals surface area (Å²) >= 11 is 0. The summed E-state index contributed by atoms with van der Waals surface area (Å²) in [5.74, 6) is 0. The van der Waals surface area contributed by atoms with Crippen LogP contribution in [0.1, 0.15) is 41.6 Å². The zero-order valence-electron chi connectivity index (χ0n) is 8.38. The predicted molar refractivity (Wildman–Crippen MR) is 55.8 cm³/mol. The lowest BCUT2D eigenvalue weighted by Crippen LogP contribution is -2.07. The van der Waals surface area contributed by atoms with E-state index < -0.39 is 0 Å². The van der Waals surface area contributed by atoms with Gasteiger partial charge in [0.25, 0.3) is 0 Å². The first-order valence-electron chi connectivity index (χ1n) is 5.08. The van der Waals surface area contributed by atoms with E-state index in [0.717, 1.165) is 30.4 Å². The Morgan fingerprint density at radius 3 is 3.00 bits per heavy atom. The van der Waals surface area contributed by atoms with Gasteiger partial charge in [0.1, 0.15) is 0 Å². The van der Waals surface area contributed by atoms with Crippen LogP contribution in [0.3, 0.4) is 0 Å². The van der Waals surface area contributed by atoms with Crippen LogP contribution in [-0.2, 0) is 12.8 Å². The summed E-state index contributed by atoms with van der Waals surface area (Å²) < 4.78 is 0. The molecule has 2 rings (SSSR count). The normalized spacial score (nSPS) is 19.1. The summed E-state index contributed by atoms with van der Waals surface area (Å²) in [6, 6.07) is 6.27. The maximum atomic E-state index is 8.98. The van der Waals surface area contributed by atoms with Gasteiger partial charge in [-0.1, -0.05) is 13.0 Å². The molecular formula is C12H14N2. The minimum Gasteiger partial charge on any atom is -0.324 e. The van der Waals surface area contributed by atoms with Crippen molar-refractivity contribution in [2.24, 2.45) is 5.73 Å². The Balaban J connectivity index is 2.64. The average molecular weight is 186 g/mol. The third-order valence-corrected chi connectivity index (χ3v) is 3.03. The van der Waals surface area contributed by atoms with Crippen molar-refractivity contribution in [1.82, 2.24) is 0 Å². The third kappa shape index (κ3) is 1.21. The van der Waals surface area contributed by atoms with Crippen molar-refractivity contribution >= 4 is 0 Å². The third-order valence-electron chi connectivity index (χ3n) is 3.03. The highest BCUT2D eigenvalue weighted by atomic mass is 14.6. The summed E-state index contributed by atoms with van der Waals surface area (Å²) in [6.45, 7) is 2.14. The first kappa shape index (κ1) is 9.23. The van der Waals surface area contributed by atoms with E-state index in [-0.39, 0.29) is 6.04 Å². The molecule has 0 radical (unpaired) electrons. The Labute approximate surface area is 84.3 Å². The van der Waals surface area contributed by atoms with Crippen LogP contribution in [0.4, 0.5) is 0 Å². The molecule has 0 amide bonds. The summed E-state index contributed by atoms with van der Waals surface area (Å²) in [6.07, 6.45) is 3.05. The first-order chi connectivity index (χ1) is 6.77. The van der Waals surface area contributed by atoms with Crippen LogP contribution in [0.2, 0.25) is 0 Å². The van der Waals surface area contributed by atoms with Crippen molar-refractivity contribution in [3.8, 4) is 6.07 Å². The zero-order chi connectivity index (χ0) is 10.1. The van der Waals surface area contributed by atoms with Crippen molar-refractivity contribution in [1.29, 1.82) is 5.26 Å². The van der Waals surface area contributed by atoms with Crippen molar-refractivity contribution in [3.63, 3.8) is 0 Å². The van der Waals surface area contributed by atoms with E-state index in [4.69, 9.17) is 11.0 Å². The van der Waals surface area contributed by atoms with E-state index in [0.29, 0.717) is 0 Å². The van der Waals surface area contributed by atoms with E-state index in [1.54, 1.807) is 0 Å². The lowest BCUT2D eigenvalue weighted by atomic mass is 9.96. The molecule has 0 saturated carbocycles. The van der Waals surface area contributed by atoms with Gasteiger partial charge in [0.05, 0.1) is 11.6 Å². The van der Waals surface area contributed by atoms with E-state index in [1.807, 2.05) is 6.07 Å². The predicted octanol–water partition coefficient (Wildman–Crippen LogP) is 2.07. The molecule has 0 saturated heterocycles. The van der Waals surface area contributed by atoms with Gasteiger partial charge in [-0.3, -0.25) is 0 Å². The molecule has 0 aromatic heterocycles. The molecule has 0 heterocycles. The number of aryl methyl sites for hydroxylation is 1. The second-order valence-electron chi connectivity index (χ2n) is 3.78. The largest absolute Gasteiger partial charge is 0.324 e.